The normalized spacial score (nSPS) is 9.94. The predicted molar refractivity (Wildman–Crippen MR) is 67.7 cm³/mol. The lowest BCUT2D eigenvalue weighted by Crippen LogP contribution is -2.17. The highest BCUT2D eigenvalue weighted by atomic mass is 16.5. The van der Waals surface area contributed by atoms with Gasteiger partial charge in [0.1, 0.15) is 18.8 Å². The Morgan fingerprint density at radius 1 is 1.17 bits per heavy atom. The number of rotatable bonds is 6. The Balaban J connectivity index is 2.42. The second-order valence-electron chi connectivity index (χ2n) is 4.06. The third-order valence-corrected chi connectivity index (χ3v) is 2.53. The molecule has 0 aliphatic carbocycles. The molecule has 0 bridgehead atoms. The maximum atomic E-state index is 11.4. The maximum absolute atomic E-state index is 11.4. The standard InChI is InChI=1S/C14H18O4/c1-4-17-14(16)8-12(15)9-18-13-6-5-10(2)11(3)7-13/h5-7H,4,8-9H2,1-3H3. The Hall–Kier alpha value is -1.84. The molecule has 0 saturated heterocycles. The van der Waals surface area contributed by atoms with Gasteiger partial charge in [0.15, 0.2) is 5.78 Å². The van der Waals surface area contributed by atoms with Crippen LogP contribution in [-0.2, 0) is 14.3 Å². The quantitative estimate of drug-likeness (QED) is 0.573. The van der Waals surface area contributed by atoms with E-state index in [1.807, 2.05) is 26.0 Å². The lowest BCUT2D eigenvalue weighted by Gasteiger charge is -2.07. The van der Waals surface area contributed by atoms with Crippen LogP contribution in [0, 0.1) is 13.8 Å². The summed E-state index contributed by atoms with van der Waals surface area (Å²) < 4.78 is 10.0. The van der Waals surface area contributed by atoms with Crippen LogP contribution in [0.1, 0.15) is 24.5 Å². The van der Waals surface area contributed by atoms with Crippen LogP contribution in [0.2, 0.25) is 0 Å². The van der Waals surface area contributed by atoms with Gasteiger partial charge in [-0.05, 0) is 44.0 Å². The molecule has 0 spiro atoms. The molecule has 4 heteroatoms. The number of carbonyl (C=O) groups excluding carboxylic acids is 2. The summed E-state index contributed by atoms with van der Waals surface area (Å²) in [5.41, 5.74) is 2.27. The van der Waals surface area contributed by atoms with E-state index in [2.05, 4.69) is 4.74 Å². The molecule has 0 saturated carbocycles. The fourth-order valence-corrected chi connectivity index (χ4v) is 1.39. The average molecular weight is 250 g/mol. The molecule has 0 amide bonds. The van der Waals surface area contributed by atoms with Crippen LogP contribution in [-0.4, -0.2) is 25.0 Å². The zero-order chi connectivity index (χ0) is 13.5. The number of Topliss-reactive ketones (excluding diaryl/α,β-unsaturated/α-hetero) is 1. The number of benzene rings is 1. The maximum Gasteiger partial charge on any atom is 0.313 e. The van der Waals surface area contributed by atoms with Crippen molar-refractivity contribution in [2.24, 2.45) is 0 Å². The smallest absolute Gasteiger partial charge is 0.313 e. The SMILES string of the molecule is CCOC(=O)CC(=O)COc1ccc(C)c(C)c1. The summed E-state index contributed by atoms with van der Waals surface area (Å²) in [6, 6.07) is 5.60. The summed E-state index contributed by atoms with van der Waals surface area (Å²) in [5, 5.41) is 0. The van der Waals surface area contributed by atoms with Crippen LogP contribution in [0.15, 0.2) is 18.2 Å². The molecule has 0 aromatic heterocycles. The molecule has 0 fully saturated rings. The van der Waals surface area contributed by atoms with E-state index >= 15 is 0 Å². The summed E-state index contributed by atoms with van der Waals surface area (Å²) in [6.45, 7) is 5.85. The van der Waals surface area contributed by atoms with Gasteiger partial charge in [-0.3, -0.25) is 9.59 Å². The Morgan fingerprint density at radius 3 is 2.50 bits per heavy atom. The van der Waals surface area contributed by atoms with Gasteiger partial charge in [0.25, 0.3) is 0 Å². The van der Waals surface area contributed by atoms with Crippen LogP contribution < -0.4 is 4.74 Å². The van der Waals surface area contributed by atoms with Crippen LogP contribution in [0.3, 0.4) is 0 Å². The van der Waals surface area contributed by atoms with Crippen molar-refractivity contribution in [3.8, 4) is 5.75 Å². The van der Waals surface area contributed by atoms with E-state index in [4.69, 9.17) is 4.74 Å². The summed E-state index contributed by atoms with van der Waals surface area (Å²) in [5.74, 6) is -0.159. The van der Waals surface area contributed by atoms with Crippen molar-refractivity contribution in [2.45, 2.75) is 27.2 Å². The molecule has 0 atom stereocenters. The molecular formula is C14H18O4. The van der Waals surface area contributed by atoms with E-state index in [0.29, 0.717) is 5.75 Å². The molecule has 0 N–H and O–H groups in total. The van der Waals surface area contributed by atoms with Gasteiger partial charge in [0, 0.05) is 0 Å². The zero-order valence-corrected chi connectivity index (χ0v) is 11.0. The first-order chi connectivity index (χ1) is 8.52. The third kappa shape index (κ3) is 4.57. The Kier molecular flexibility index (Phi) is 5.36. The largest absolute Gasteiger partial charge is 0.486 e. The van der Waals surface area contributed by atoms with E-state index in [9.17, 15) is 9.59 Å². The number of carbonyl (C=O) groups is 2. The third-order valence-electron chi connectivity index (χ3n) is 2.53. The lowest BCUT2D eigenvalue weighted by atomic mass is 10.1. The Bertz CT molecular complexity index is 437. The first kappa shape index (κ1) is 14.2. The van der Waals surface area contributed by atoms with Gasteiger partial charge in [-0.15, -0.1) is 0 Å². The molecule has 98 valence electrons. The summed E-state index contributed by atoms with van der Waals surface area (Å²) in [7, 11) is 0. The van der Waals surface area contributed by atoms with E-state index in [-0.39, 0.29) is 25.4 Å². The van der Waals surface area contributed by atoms with Crippen LogP contribution in [0.25, 0.3) is 0 Å². The fourth-order valence-electron chi connectivity index (χ4n) is 1.39. The van der Waals surface area contributed by atoms with E-state index < -0.39 is 5.97 Å². The Labute approximate surface area is 107 Å². The molecule has 0 aliphatic heterocycles. The van der Waals surface area contributed by atoms with Gasteiger partial charge in [-0.25, -0.2) is 0 Å². The van der Waals surface area contributed by atoms with Crippen molar-refractivity contribution >= 4 is 11.8 Å². The van der Waals surface area contributed by atoms with Crippen LogP contribution >= 0.6 is 0 Å². The molecule has 0 unspecified atom stereocenters. The van der Waals surface area contributed by atoms with Crippen LogP contribution in [0.5, 0.6) is 5.75 Å². The second kappa shape index (κ2) is 6.79. The summed E-state index contributed by atoms with van der Waals surface area (Å²) in [4.78, 5) is 22.5. The van der Waals surface area contributed by atoms with E-state index in [1.165, 1.54) is 5.56 Å². The Morgan fingerprint density at radius 2 is 1.89 bits per heavy atom. The molecule has 1 rings (SSSR count). The number of hydrogen-bond donors (Lipinski definition) is 0. The van der Waals surface area contributed by atoms with Gasteiger partial charge >= 0.3 is 5.97 Å². The van der Waals surface area contributed by atoms with Gasteiger partial charge in [0.2, 0.25) is 0 Å². The minimum atomic E-state index is -0.508. The molecule has 1 aromatic carbocycles. The highest BCUT2D eigenvalue weighted by Crippen LogP contribution is 2.16. The van der Waals surface area contributed by atoms with Gasteiger partial charge in [-0.2, -0.15) is 0 Å². The zero-order valence-electron chi connectivity index (χ0n) is 11.0. The molecular weight excluding hydrogens is 232 g/mol. The molecule has 4 nitrogen and oxygen atoms in total. The number of ether oxygens (including phenoxy) is 2. The first-order valence-corrected chi connectivity index (χ1v) is 5.90. The predicted octanol–water partition coefficient (Wildman–Crippen LogP) is 2.20. The minimum absolute atomic E-state index is 0.110. The minimum Gasteiger partial charge on any atom is -0.486 e. The van der Waals surface area contributed by atoms with Crippen LogP contribution in [0.4, 0.5) is 0 Å². The summed E-state index contributed by atoms with van der Waals surface area (Å²) in [6.07, 6.45) is -0.237. The van der Waals surface area contributed by atoms with E-state index in [1.54, 1.807) is 13.0 Å². The number of aryl methyl sites for hydroxylation is 2. The number of hydrogen-bond acceptors (Lipinski definition) is 4. The van der Waals surface area contributed by atoms with Crippen molar-refractivity contribution in [1.29, 1.82) is 0 Å². The average Bonchev–Trinajstić information content (AvgIpc) is 2.31. The monoisotopic (exact) mass is 250 g/mol. The fraction of sp³-hybridized carbons (Fsp3) is 0.429. The van der Waals surface area contributed by atoms with Crippen molar-refractivity contribution in [2.75, 3.05) is 13.2 Å². The molecule has 0 radical (unpaired) electrons. The van der Waals surface area contributed by atoms with Gasteiger partial charge in [-0.1, -0.05) is 6.07 Å². The van der Waals surface area contributed by atoms with Crippen molar-refractivity contribution in [3.05, 3.63) is 29.3 Å². The lowest BCUT2D eigenvalue weighted by molar-refractivity contribution is -0.145. The van der Waals surface area contributed by atoms with E-state index in [0.717, 1.165) is 5.56 Å². The topological polar surface area (TPSA) is 52.6 Å². The van der Waals surface area contributed by atoms with Gasteiger partial charge < -0.3 is 9.47 Å². The highest BCUT2D eigenvalue weighted by Gasteiger charge is 2.11. The highest BCUT2D eigenvalue weighted by molar-refractivity contribution is 5.96. The summed E-state index contributed by atoms with van der Waals surface area (Å²) >= 11 is 0. The van der Waals surface area contributed by atoms with Crippen molar-refractivity contribution < 1.29 is 19.1 Å². The molecule has 0 heterocycles. The van der Waals surface area contributed by atoms with Crippen molar-refractivity contribution in [3.63, 3.8) is 0 Å². The number of esters is 1. The first-order valence-electron chi connectivity index (χ1n) is 5.90. The number of ketones is 1. The molecule has 1 aromatic rings. The van der Waals surface area contributed by atoms with Crippen molar-refractivity contribution in [1.82, 2.24) is 0 Å². The second-order valence-corrected chi connectivity index (χ2v) is 4.06. The molecule has 0 aliphatic rings. The van der Waals surface area contributed by atoms with Gasteiger partial charge in [0.05, 0.1) is 6.61 Å². The molecule has 18 heavy (non-hydrogen) atoms.